The van der Waals surface area contributed by atoms with Crippen LogP contribution in [0, 0.1) is 23.2 Å². The van der Waals surface area contributed by atoms with E-state index in [4.69, 9.17) is 11.0 Å². The molecule has 2 atom stereocenters. The van der Waals surface area contributed by atoms with Gasteiger partial charge in [0.25, 0.3) is 0 Å². The monoisotopic (exact) mass is 382 g/mol. The third-order valence-electron chi connectivity index (χ3n) is 5.54. The molecule has 3 N–H and O–H groups in total. The van der Waals surface area contributed by atoms with Crippen LogP contribution in [0.3, 0.4) is 0 Å². The van der Waals surface area contributed by atoms with E-state index in [2.05, 4.69) is 27.4 Å². The Balaban J connectivity index is 1.56. The fourth-order valence-electron chi connectivity index (χ4n) is 3.77. The van der Waals surface area contributed by atoms with Crippen LogP contribution in [0.1, 0.15) is 6.42 Å². The van der Waals surface area contributed by atoms with Gasteiger partial charge in [-0.05, 0) is 41.6 Å². The van der Waals surface area contributed by atoms with Crippen molar-refractivity contribution < 1.29 is 4.79 Å². The van der Waals surface area contributed by atoms with Crippen molar-refractivity contribution in [3.05, 3.63) is 49.1 Å². The molecule has 0 saturated heterocycles. The Kier molecular flexibility index (Phi) is 3.74. The number of nitrogen functional groups attached to an aromatic ring is 1. The predicted octanol–water partition coefficient (Wildman–Crippen LogP) is 3.47. The number of hydrogen-bond donors (Lipinski definition) is 2. The molecule has 1 fully saturated rings. The molecule has 1 amide bonds. The Bertz CT molecular complexity index is 1330. The van der Waals surface area contributed by atoms with Gasteiger partial charge in [-0.25, -0.2) is 4.98 Å². The Labute approximate surface area is 166 Å². The van der Waals surface area contributed by atoms with E-state index in [0.717, 1.165) is 32.8 Å². The molecule has 142 valence electrons. The van der Waals surface area contributed by atoms with Gasteiger partial charge in [0.2, 0.25) is 5.91 Å². The van der Waals surface area contributed by atoms with E-state index in [1.165, 1.54) is 0 Å². The summed E-state index contributed by atoms with van der Waals surface area (Å²) in [5.74, 6) is -0.128. The van der Waals surface area contributed by atoms with E-state index < -0.39 is 0 Å². The van der Waals surface area contributed by atoms with Crippen molar-refractivity contribution in [1.82, 2.24) is 14.5 Å². The van der Waals surface area contributed by atoms with E-state index in [1.54, 1.807) is 6.20 Å². The summed E-state index contributed by atoms with van der Waals surface area (Å²) in [6.07, 6.45) is 7.96. The maximum absolute atomic E-state index is 12.2. The standard InChI is InChI=1S/C22H18N6O/c1-28-3-2-15-17(9-25-11-20(15)28)12-4-13-7-21(26-10-18(13)19(24)6-12)27-22(29)16-5-14(16)8-23/h2-4,6-7,9-11,14,16H,5,24H2,1H3,(H,26,27,29)/t14-,16+/m1/s1. The number of benzene rings is 1. The number of carbonyl (C=O) groups is 1. The number of hydrogen-bond acceptors (Lipinski definition) is 5. The van der Waals surface area contributed by atoms with Crippen LogP contribution in [0.2, 0.25) is 0 Å². The summed E-state index contributed by atoms with van der Waals surface area (Å²) in [6.45, 7) is 0. The Hall–Kier alpha value is -3.92. The number of nitrogens with two attached hydrogens (primary N) is 1. The summed E-state index contributed by atoms with van der Waals surface area (Å²) in [7, 11) is 1.99. The number of amides is 1. The number of carbonyl (C=O) groups excluding carboxylic acids is 1. The lowest BCUT2D eigenvalue weighted by Crippen LogP contribution is -2.15. The van der Waals surface area contributed by atoms with Crippen LogP contribution in [0.5, 0.6) is 0 Å². The molecule has 3 heterocycles. The van der Waals surface area contributed by atoms with E-state index in [9.17, 15) is 4.79 Å². The highest BCUT2D eigenvalue weighted by Crippen LogP contribution is 2.39. The molecule has 1 aromatic carbocycles. The molecule has 1 saturated carbocycles. The predicted molar refractivity (Wildman–Crippen MR) is 112 cm³/mol. The largest absolute Gasteiger partial charge is 0.398 e. The van der Waals surface area contributed by atoms with Gasteiger partial charge in [0.05, 0.1) is 29.6 Å². The number of nitrogens with zero attached hydrogens (tertiary/aromatic N) is 4. The Morgan fingerprint density at radius 2 is 2.14 bits per heavy atom. The second-order valence-corrected chi connectivity index (χ2v) is 7.47. The third-order valence-corrected chi connectivity index (χ3v) is 5.54. The van der Waals surface area contributed by atoms with Gasteiger partial charge in [-0.3, -0.25) is 9.78 Å². The average molecular weight is 382 g/mol. The second kappa shape index (κ2) is 6.31. The smallest absolute Gasteiger partial charge is 0.230 e. The summed E-state index contributed by atoms with van der Waals surface area (Å²) in [5, 5.41) is 14.5. The number of nitrogens with one attached hydrogen (secondary N) is 1. The van der Waals surface area contributed by atoms with E-state index in [0.29, 0.717) is 17.9 Å². The van der Waals surface area contributed by atoms with Gasteiger partial charge in [-0.15, -0.1) is 0 Å². The zero-order chi connectivity index (χ0) is 20.1. The molecule has 0 spiro atoms. The Morgan fingerprint density at radius 1 is 1.28 bits per heavy atom. The first-order valence-electron chi connectivity index (χ1n) is 9.34. The molecule has 0 bridgehead atoms. The van der Waals surface area contributed by atoms with Crippen LogP contribution >= 0.6 is 0 Å². The van der Waals surface area contributed by atoms with Crippen molar-refractivity contribution in [1.29, 1.82) is 5.26 Å². The molecule has 3 aromatic heterocycles. The number of fused-ring (bicyclic) bond motifs is 2. The lowest BCUT2D eigenvalue weighted by molar-refractivity contribution is -0.117. The summed E-state index contributed by atoms with van der Waals surface area (Å²) >= 11 is 0. The van der Waals surface area contributed by atoms with Gasteiger partial charge in [-0.1, -0.05) is 0 Å². The van der Waals surface area contributed by atoms with Crippen molar-refractivity contribution in [2.75, 3.05) is 11.1 Å². The minimum Gasteiger partial charge on any atom is -0.398 e. The van der Waals surface area contributed by atoms with Crippen LogP contribution in [0.25, 0.3) is 32.8 Å². The van der Waals surface area contributed by atoms with Gasteiger partial charge in [0.15, 0.2) is 0 Å². The van der Waals surface area contributed by atoms with Crippen molar-refractivity contribution in [2.45, 2.75) is 6.42 Å². The molecule has 7 nitrogen and oxygen atoms in total. The van der Waals surface area contributed by atoms with Crippen LogP contribution < -0.4 is 11.1 Å². The molecule has 7 heteroatoms. The highest BCUT2D eigenvalue weighted by Gasteiger charge is 2.43. The van der Waals surface area contributed by atoms with Gasteiger partial charge >= 0.3 is 0 Å². The third kappa shape index (κ3) is 2.86. The quantitative estimate of drug-likeness (QED) is 0.527. The number of aryl methyl sites for hydroxylation is 1. The van der Waals surface area contributed by atoms with Gasteiger partial charge < -0.3 is 15.6 Å². The van der Waals surface area contributed by atoms with Gasteiger partial charge in [0, 0.05) is 47.7 Å². The first-order chi connectivity index (χ1) is 14.0. The summed E-state index contributed by atoms with van der Waals surface area (Å²) in [5.41, 5.74) is 9.90. The van der Waals surface area contributed by atoms with Crippen LogP contribution in [-0.4, -0.2) is 20.4 Å². The molecular weight excluding hydrogens is 364 g/mol. The minimum absolute atomic E-state index is 0.161. The van der Waals surface area contributed by atoms with E-state index in [-0.39, 0.29) is 17.7 Å². The topological polar surface area (TPSA) is 110 Å². The summed E-state index contributed by atoms with van der Waals surface area (Å²) < 4.78 is 2.03. The van der Waals surface area contributed by atoms with Crippen molar-refractivity contribution in [2.24, 2.45) is 18.9 Å². The molecular formula is C22H18N6O. The molecule has 0 unspecified atom stereocenters. The number of pyridine rings is 2. The molecule has 0 radical (unpaired) electrons. The van der Waals surface area contributed by atoms with E-state index in [1.807, 2.05) is 48.4 Å². The normalized spacial score (nSPS) is 17.9. The summed E-state index contributed by atoms with van der Waals surface area (Å²) in [6, 6.07) is 9.96. The fraction of sp³-hybridized carbons (Fsp3) is 0.182. The number of nitriles is 1. The number of aromatic nitrogens is 3. The Morgan fingerprint density at radius 3 is 2.93 bits per heavy atom. The lowest BCUT2D eigenvalue weighted by atomic mass is 10.00. The maximum Gasteiger partial charge on any atom is 0.230 e. The molecule has 0 aliphatic heterocycles. The number of rotatable bonds is 3. The minimum atomic E-state index is -0.240. The lowest BCUT2D eigenvalue weighted by Gasteiger charge is -2.10. The molecule has 5 rings (SSSR count). The fourth-order valence-corrected chi connectivity index (χ4v) is 3.77. The molecule has 29 heavy (non-hydrogen) atoms. The SMILES string of the molecule is Cn1ccc2c(-c3cc(N)c4cnc(NC(=O)[C@H]5C[C@@H]5C#N)cc4c3)cncc21. The number of anilines is 2. The zero-order valence-corrected chi connectivity index (χ0v) is 15.8. The average Bonchev–Trinajstić information content (AvgIpc) is 3.43. The molecule has 1 aliphatic rings. The van der Waals surface area contributed by atoms with Gasteiger partial charge in [0.1, 0.15) is 5.82 Å². The van der Waals surface area contributed by atoms with Crippen LogP contribution in [0.15, 0.2) is 49.1 Å². The molecule has 4 aromatic rings. The zero-order valence-electron chi connectivity index (χ0n) is 15.8. The summed E-state index contributed by atoms with van der Waals surface area (Å²) in [4.78, 5) is 20.9. The second-order valence-electron chi connectivity index (χ2n) is 7.47. The van der Waals surface area contributed by atoms with Crippen LogP contribution in [-0.2, 0) is 11.8 Å². The van der Waals surface area contributed by atoms with Crippen LogP contribution in [0.4, 0.5) is 11.5 Å². The highest BCUT2D eigenvalue weighted by molar-refractivity contribution is 6.03. The van der Waals surface area contributed by atoms with Gasteiger partial charge in [-0.2, -0.15) is 5.26 Å². The van der Waals surface area contributed by atoms with Crippen molar-refractivity contribution in [3.8, 4) is 17.2 Å². The van der Waals surface area contributed by atoms with Crippen molar-refractivity contribution >= 4 is 39.1 Å². The van der Waals surface area contributed by atoms with E-state index >= 15 is 0 Å². The molecule has 1 aliphatic carbocycles. The van der Waals surface area contributed by atoms with Crippen molar-refractivity contribution in [3.63, 3.8) is 0 Å². The maximum atomic E-state index is 12.2. The first kappa shape index (κ1) is 17.2. The first-order valence-corrected chi connectivity index (χ1v) is 9.34. The highest BCUT2D eigenvalue weighted by atomic mass is 16.2.